The molecule has 1 N–H and O–H groups in total. The van der Waals surface area contributed by atoms with Crippen molar-refractivity contribution in [3.05, 3.63) is 65.9 Å². The first-order chi connectivity index (χ1) is 13.2. The van der Waals surface area contributed by atoms with E-state index in [9.17, 15) is 4.79 Å². The van der Waals surface area contributed by atoms with Crippen LogP contribution in [0.5, 0.6) is 0 Å². The minimum atomic E-state index is 0.132. The lowest BCUT2D eigenvalue weighted by Gasteiger charge is -2.12. The van der Waals surface area contributed by atoms with Gasteiger partial charge in [0.2, 0.25) is 5.95 Å². The highest BCUT2D eigenvalue weighted by molar-refractivity contribution is 5.71. The quantitative estimate of drug-likeness (QED) is 0.531. The van der Waals surface area contributed by atoms with Crippen molar-refractivity contribution in [3.8, 4) is 5.69 Å². The van der Waals surface area contributed by atoms with Gasteiger partial charge in [0.25, 0.3) is 0 Å². The number of nitrogens with one attached hydrogen (secondary N) is 1. The van der Waals surface area contributed by atoms with E-state index in [-0.39, 0.29) is 11.7 Å². The number of fused-ring (bicyclic) bond motifs is 1. The Labute approximate surface area is 155 Å². The topological polar surface area (TPSA) is 90.0 Å². The average Bonchev–Trinajstić information content (AvgIpc) is 3.36. The molecule has 0 aliphatic rings. The van der Waals surface area contributed by atoms with E-state index in [2.05, 4.69) is 39.3 Å². The number of benzene rings is 1. The van der Waals surface area contributed by atoms with Crippen molar-refractivity contribution >= 4 is 17.9 Å². The van der Waals surface area contributed by atoms with E-state index in [1.807, 2.05) is 41.2 Å². The molecule has 0 radical (unpaired) electrons. The number of carbonyl (C=O) groups excluding carboxylic acids is 1. The van der Waals surface area contributed by atoms with Crippen molar-refractivity contribution < 1.29 is 4.79 Å². The molecule has 0 fully saturated rings. The maximum absolute atomic E-state index is 11.3. The fourth-order valence-corrected chi connectivity index (χ4v) is 2.95. The number of hydrogen-bond acceptors (Lipinski definition) is 6. The van der Waals surface area contributed by atoms with Crippen molar-refractivity contribution in [1.29, 1.82) is 0 Å². The molecule has 0 atom stereocenters. The Kier molecular flexibility index (Phi) is 4.37. The summed E-state index contributed by atoms with van der Waals surface area (Å²) in [7, 11) is 0. The summed E-state index contributed by atoms with van der Waals surface area (Å²) in [6.07, 6.45) is 6.06. The summed E-state index contributed by atoms with van der Waals surface area (Å²) in [5, 5.41) is 12.0. The van der Waals surface area contributed by atoms with Crippen LogP contribution in [0.1, 0.15) is 41.5 Å². The molecule has 0 saturated carbocycles. The summed E-state index contributed by atoms with van der Waals surface area (Å²) in [6, 6.07) is 9.84. The Hall–Kier alpha value is -3.55. The Morgan fingerprint density at radius 3 is 2.74 bits per heavy atom. The zero-order chi connectivity index (χ0) is 18.8. The van der Waals surface area contributed by atoms with Crippen LogP contribution in [0.4, 0.5) is 5.95 Å². The molecule has 0 bridgehead atoms. The molecule has 1 aromatic carbocycles. The first kappa shape index (κ1) is 16.9. The lowest BCUT2D eigenvalue weighted by molar-refractivity contribution is 0.111. The summed E-state index contributed by atoms with van der Waals surface area (Å²) < 4.78 is 3.45. The van der Waals surface area contributed by atoms with Crippen LogP contribution in [-0.4, -0.2) is 35.6 Å². The normalized spacial score (nSPS) is 11.2. The molecule has 4 rings (SSSR count). The molecule has 0 unspecified atom stereocenters. The fourth-order valence-electron chi connectivity index (χ4n) is 2.95. The SMILES string of the molecule is CC(C)c1cnn2c(NCc3ccccc3-n3cccn3)nc(C=O)nc12. The van der Waals surface area contributed by atoms with E-state index in [0.29, 0.717) is 24.4 Å². The van der Waals surface area contributed by atoms with Gasteiger partial charge < -0.3 is 5.32 Å². The van der Waals surface area contributed by atoms with Gasteiger partial charge in [0.05, 0.1) is 11.9 Å². The van der Waals surface area contributed by atoms with Gasteiger partial charge >= 0.3 is 0 Å². The van der Waals surface area contributed by atoms with Gasteiger partial charge in [0, 0.05) is 24.5 Å². The van der Waals surface area contributed by atoms with E-state index >= 15 is 0 Å². The molecule has 0 saturated heterocycles. The van der Waals surface area contributed by atoms with Gasteiger partial charge in [-0.1, -0.05) is 32.0 Å². The second-order valence-corrected chi connectivity index (χ2v) is 6.45. The molecule has 0 aliphatic carbocycles. The Morgan fingerprint density at radius 1 is 1.15 bits per heavy atom. The molecule has 136 valence electrons. The zero-order valence-electron chi connectivity index (χ0n) is 15.1. The largest absolute Gasteiger partial charge is 0.350 e. The number of aldehydes is 1. The first-order valence-corrected chi connectivity index (χ1v) is 8.70. The van der Waals surface area contributed by atoms with Crippen molar-refractivity contribution in [2.24, 2.45) is 0 Å². The van der Waals surface area contributed by atoms with E-state index < -0.39 is 0 Å². The molecule has 0 amide bonds. The molecule has 0 aliphatic heterocycles. The van der Waals surface area contributed by atoms with E-state index in [1.165, 1.54) is 0 Å². The predicted octanol–water partition coefficient (Wildman–Crippen LogP) is 2.86. The van der Waals surface area contributed by atoms with Gasteiger partial charge in [-0.15, -0.1) is 0 Å². The van der Waals surface area contributed by atoms with Crippen molar-refractivity contribution in [2.45, 2.75) is 26.3 Å². The highest BCUT2D eigenvalue weighted by Crippen LogP contribution is 2.21. The van der Waals surface area contributed by atoms with Crippen LogP contribution in [0, 0.1) is 0 Å². The van der Waals surface area contributed by atoms with Crippen LogP contribution >= 0.6 is 0 Å². The van der Waals surface area contributed by atoms with Crippen LogP contribution in [0.15, 0.2) is 48.9 Å². The smallest absolute Gasteiger partial charge is 0.228 e. The third-order valence-corrected chi connectivity index (χ3v) is 4.32. The number of hydrogen-bond donors (Lipinski definition) is 1. The Balaban J connectivity index is 1.70. The van der Waals surface area contributed by atoms with Gasteiger partial charge in [-0.3, -0.25) is 4.79 Å². The Bertz CT molecular complexity index is 1080. The number of rotatable bonds is 6. The minimum absolute atomic E-state index is 0.132. The standard InChI is InChI=1S/C19H19N7O/c1-13(2)15-11-22-26-18(15)23-17(12-27)24-19(26)20-10-14-6-3-4-7-16(14)25-9-5-8-21-25/h3-9,11-13H,10H2,1-2H3,(H,20,23,24). The molecule has 8 heteroatoms. The van der Waals surface area contributed by atoms with Gasteiger partial charge in [-0.2, -0.15) is 19.7 Å². The monoisotopic (exact) mass is 361 g/mol. The van der Waals surface area contributed by atoms with E-state index in [0.717, 1.165) is 16.8 Å². The highest BCUT2D eigenvalue weighted by atomic mass is 16.1. The number of nitrogens with zero attached hydrogens (tertiary/aromatic N) is 6. The lowest BCUT2D eigenvalue weighted by Crippen LogP contribution is -2.12. The van der Waals surface area contributed by atoms with Crippen LogP contribution in [0.25, 0.3) is 11.3 Å². The number of carbonyl (C=O) groups is 1. The number of aromatic nitrogens is 6. The molecule has 8 nitrogen and oxygen atoms in total. The summed E-state index contributed by atoms with van der Waals surface area (Å²) in [4.78, 5) is 19.9. The zero-order valence-corrected chi connectivity index (χ0v) is 15.1. The van der Waals surface area contributed by atoms with Gasteiger partial charge in [0.1, 0.15) is 0 Å². The predicted molar refractivity (Wildman–Crippen MR) is 101 cm³/mol. The van der Waals surface area contributed by atoms with Crippen molar-refractivity contribution in [2.75, 3.05) is 5.32 Å². The third-order valence-electron chi connectivity index (χ3n) is 4.32. The average molecular weight is 361 g/mol. The molecule has 3 heterocycles. The molecule has 4 aromatic rings. The van der Waals surface area contributed by atoms with Crippen molar-refractivity contribution in [1.82, 2.24) is 29.4 Å². The fraction of sp³-hybridized carbons (Fsp3) is 0.211. The molecular formula is C19H19N7O. The maximum Gasteiger partial charge on any atom is 0.228 e. The molecule has 3 aromatic heterocycles. The van der Waals surface area contributed by atoms with Gasteiger partial charge in [-0.25, -0.2) is 9.67 Å². The minimum Gasteiger partial charge on any atom is -0.350 e. The molecular weight excluding hydrogens is 342 g/mol. The van der Waals surface area contributed by atoms with Crippen LogP contribution < -0.4 is 5.32 Å². The summed E-state index contributed by atoms with van der Waals surface area (Å²) in [5.74, 6) is 0.849. The van der Waals surface area contributed by atoms with Gasteiger partial charge in [-0.05, 0) is 23.6 Å². The van der Waals surface area contributed by atoms with Crippen LogP contribution in [-0.2, 0) is 6.54 Å². The second kappa shape index (κ2) is 6.99. The number of anilines is 1. The maximum atomic E-state index is 11.3. The molecule has 27 heavy (non-hydrogen) atoms. The summed E-state index contributed by atoms with van der Waals surface area (Å²) in [5.41, 5.74) is 3.63. The third kappa shape index (κ3) is 3.17. The number of para-hydroxylation sites is 1. The highest BCUT2D eigenvalue weighted by Gasteiger charge is 2.15. The molecule has 0 spiro atoms. The van der Waals surface area contributed by atoms with Crippen LogP contribution in [0.3, 0.4) is 0 Å². The van der Waals surface area contributed by atoms with Crippen LogP contribution in [0.2, 0.25) is 0 Å². The summed E-state index contributed by atoms with van der Waals surface area (Å²) in [6.45, 7) is 4.62. The van der Waals surface area contributed by atoms with E-state index in [4.69, 9.17) is 0 Å². The first-order valence-electron chi connectivity index (χ1n) is 8.70. The Morgan fingerprint density at radius 2 is 2.00 bits per heavy atom. The lowest BCUT2D eigenvalue weighted by atomic mass is 10.1. The second-order valence-electron chi connectivity index (χ2n) is 6.45. The van der Waals surface area contributed by atoms with Crippen molar-refractivity contribution in [3.63, 3.8) is 0 Å². The summed E-state index contributed by atoms with van der Waals surface area (Å²) >= 11 is 0. The van der Waals surface area contributed by atoms with E-state index in [1.54, 1.807) is 16.9 Å². The van der Waals surface area contributed by atoms with Gasteiger partial charge in [0.15, 0.2) is 17.8 Å².